The fraction of sp³-hybridized carbons (Fsp3) is 0.438. The summed E-state index contributed by atoms with van der Waals surface area (Å²) in [6.07, 6.45) is 6.20. The molecule has 1 aromatic heterocycles. The van der Waals surface area contributed by atoms with Crippen molar-refractivity contribution >= 4 is 44.4 Å². The van der Waals surface area contributed by atoms with Crippen molar-refractivity contribution in [2.45, 2.75) is 44.9 Å². The van der Waals surface area contributed by atoms with Crippen LogP contribution in [-0.4, -0.2) is 16.1 Å². The molecule has 0 spiro atoms. The molecule has 0 saturated carbocycles. The van der Waals surface area contributed by atoms with Gasteiger partial charge in [0.2, 0.25) is 0 Å². The topological polar surface area (TPSA) is 53.1 Å². The van der Waals surface area contributed by atoms with Crippen LogP contribution in [0.1, 0.15) is 50.5 Å². The summed E-state index contributed by atoms with van der Waals surface area (Å²) in [6.45, 7) is 2.14. The zero-order chi connectivity index (χ0) is 15.4. The summed E-state index contributed by atoms with van der Waals surface area (Å²) in [7, 11) is 0. The molecule has 5 heteroatoms. The van der Waals surface area contributed by atoms with Gasteiger partial charge in [0.1, 0.15) is 0 Å². The average molecular weight is 373 g/mol. The first-order chi connectivity index (χ1) is 10.0. The maximum Gasteiger partial charge on any atom is 0.303 e. The minimum absolute atomic E-state index is 0.00500. The van der Waals surface area contributed by atoms with E-state index in [-0.39, 0.29) is 12.3 Å². The summed E-state index contributed by atoms with van der Waals surface area (Å²) in [4.78, 5) is 14.4. The van der Waals surface area contributed by atoms with Gasteiger partial charge in [0.05, 0.1) is 11.4 Å². The molecule has 0 saturated heterocycles. The Bertz CT molecular complexity index is 638. The lowest BCUT2D eigenvalue weighted by Gasteiger charge is -2.15. The van der Waals surface area contributed by atoms with Crippen molar-refractivity contribution < 1.29 is 9.90 Å². The van der Waals surface area contributed by atoms with E-state index in [4.69, 9.17) is 11.6 Å². The highest BCUT2D eigenvalue weighted by molar-refractivity contribution is 9.10. The summed E-state index contributed by atoms with van der Waals surface area (Å²) in [5.41, 5.74) is 1.96. The lowest BCUT2D eigenvalue weighted by atomic mass is 9.90. The highest BCUT2D eigenvalue weighted by Gasteiger charge is 2.21. The number of halogens is 2. The van der Waals surface area contributed by atoms with Gasteiger partial charge in [0.15, 0.2) is 0 Å². The Hall–Kier alpha value is -1.000. The Balaban J connectivity index is 2.39. The van der Waals surface area contributed by atoms with Gasteiger partial charge in [0.25, 0.3) is 0 Å². The first-order valence-electron chi connectivity index (χ1n) is 7.21. The number of hydrogen-bond donors (Lipinski definition) is 2. The number of fused-ring (bicyclic) bond motifs is 1. The van der Waals surface area contributed by atoms with Crippen LogP contribution in [-0.2, 0) is 4.79 Å². The van der Waals surface area contributed by atoms with E-state index in [1.807, 2.05) is 18.3 Å². The Morgan fingerprint density at radius 2 is 2.19 bits per heavy atom. The number of hydrogen-bond acceptors (Lipinski definition) is 1. The van der Waals surface area contributed by atoms with E-state index in [1.165, 1.54) is 0 Å². The van der Waals surface area contributed by atoms with Crippen LogP contribution in [0.2, 0.25) is 5.02 Å². The quantitative estimate of drug-likeness (QED) is 0.610. The summed E-state index contributed by atoms with van der Waals surface area (Å²) in [5, 5.41) is 10.8. The number of carboxylic acids is 1. The second kappa shape index (κ2) is 7.32. The molecule has 1 heterocycles. The smallest absolute Gasteiger partial charge is 0.303 e. The van der Waals surface area contributed by atoms with Gasteiger partial charge in [-0.3, -0.25) is 4.79 Å². The predicted octanol–water partition coefficient (Wildman–Crippen LogP) is 5.72. The normalized spacial score (nSPS) is 12.7. The average Bonchev–Trinajstić information content (AvgIpc) is 2.86. The number of benzene rings is 1. The molecular formula is C16H19BrClNO2. The molecule has 2 aromatic rings. The van der Waals surface area contributed by atoms with Crippen LogP contribution in [0.5, 0.6) is 0 Å². The van der Waals surface area contributed by atoms with E-state index in [0.29, 0.717) is 5.02 Å². The molecule has 1 atom stereocenters. The van der Waals surface area contributed by atoms with Gasteiger partial charge >= 0.3 is 5.97 Å². The van der Waals surface area contributed by atoms with Crippen LogP contribution in [0.3, 0.4) is 0 Å². The molecule has 114 valence electrons. The summed E-state index contributed by atoms with van der Waals surface area (Å²) >= 11 is 9.84. The third-order valence-corrected chi connectivity index (χ3v) is 5.07. The van der Waals surface area contributed by atoms with Crippen molar-refractivity contribution in [1.29, 1.82) is 0 Å². The second-order valence-corrected chi connectivity index (χ2v) is 6.55. The van der Waals surface area contributed by atoms with Crippen LogP contribution in [0, 0.1) is 0 Å². The summed E-state index contributed by atoms with van der Waals surface area (Å²) < 4.78 is 0.833. The van der Waals surface area contributed by atoms with Gasteiger partial charge < -0.3 is 10.1 Å². The SMILES string of the molecule is CCCCCC(CC(=O)O)c1c[nH]c2ccc(Br)c(Cl)c12. The van der Waals surface area contributed by atoms with Gasteiger partial charge in [-0.15, -0.1) is 0 Å². The number of unbranched alkanes of at least 4 members (excludes halogenated alkanes) is 2. The van der Waals surface area contributed by atoms with Gasteiger partial charge in [-0.2, -0.15) is 0 Å². The van der Waals surface area contributed by atoms with Crippen LogP contribution >= 0.6 is 27.5 Å². The molecule has 1 aromatic carbocycles. The summed E-state index contributed by atoms with van der Waals surface area (Å²) in [6, 6.07) is 3.85. The number of aliphatic carboxylic acids is 1. The van der Waals surface area contributed by atoms with Crippen LogP contribution in [0.4, 0.5) is 0 Å². The first-order valence-corrected chi connectivity index (χ1v) is 8.38. The number of aromatic amines is 1. The van der Waals surface area contributed by atoms with Crippen molar-refractivity contribution in [1.82, 2.24) is 4.98 Å². The Morgan fingerprint density at radius 3 is 2.86 bits per heavy atom. The number of H-pyrrole nitrogens is 1. The maximum absolute atomic E-state index is 11.2. The lowest BCUT2D eigenvalue weighted by Crippen LogP contribution is -2.06. The van der Waals surface area contributed by atoms with Gasteiger partial charge in [0, 0.05) is 21.6 Å². The number of nitrogens with one attached hydrogen (secondary N) is 1. The number of rotatable bonds is 7. The molecule has 1 unspecified atom stereocenters. The summed E-state index contributed by atoms with van der Waals surface area (Å²) in [5.74, 6) is -0.772. The Morgan fingerprint density at radius 1 is 1.43 bits per heavy atom. The van der Waals surface area contributed by atoms with E-state index >= 15 is 0 Å². The van der Waals surface area contributed by atoms with E-state index in [1.54, 1.807) is 0 Å². The van der Waals surface area contributed by atoms with Crippen molar-refractivity contribution in [3.8, 4) is 0 Å². The fourth-order valence-electron chi connectivity index (χ4n) is 2.72. The van der Waals surface area contributed by atoms with Gasteiger partial charge in [-0.1, -0.05) is 37.8 Å². The largest absolute Gasteiger partial charge is 0.481 e. The third-order valence-electron chi connectivity index (χ3n) is 3.78. The minimum atomic E-state index is -0.767. The Labute approximate surface area is 137 Å². The number of carbonyl (C=O) groups is 1. The Kier molecular flexibility index (Phi) is 5.71. The molecule has 21 heavy (non-hydrogen) atoms. The number of aromatic nitrogens is 1. The maximum atomic E-state index is 11.2. The molecule has 0 aliphatic heterocycles. The second-order valence-electron chi connectivity index (χ2n) is 5.32. The zero-order valence-corrected chi connectivity index (χ0v) is 14.3. The molecule has 0 aliphatic rings. The predicted molar refractivity (Wildman–Crippen MR) is 90.1 cm³/mol. The van der Waals surface area contributed by atoms with Crippen LogP contribution in [0.15, 0.2) is 22.8 Å². The molecule has 2 rings (SSSR count). The fourth-order valence-corrected chi connectivity index (χ4v) is 3.33. The zero-order valence-electron chi connectivity index (χ0n) is 12.0. The number of carboxylic acid groups (broad SMARTS) is 1. The monoisotopic (exact) mass is 371 g/mol. The molecule has 3 nitrogen and oxygen atoms in total. The minimum Gasteiger partial charge on any atom is -0.481 e. The highest BCUT2D eigenvalue weighted by Crippen LogP contribution is 2.38. The molecule has 0 fully saturated rings. The van der Waals surface area contributed by atoms with Crippen molar-refractivity contribution in [2.24, 2.45) is 0 Å². The van der Waals surface area contributed by atoms with Crippen molar-refractivity contribution in [3.05, 3.63) is 33.4 Å². The van der Waals surface area contributed by atoms with Gasteiger partial charge in [-0.05, 0) is 46.0 Å². The lowest BCUT2D eigenvalue weighted by molar-refractivity contribution is -0.137. The third kappa shape index (κ3) is 3.80. The highest BCUT2D eigenvalue weighted by atomic mass is 79.9. The van der Waals surface area contributed by atoms with Crippen LogP contribution < -0.4 is 0 Å². The molecular weight excluding hydrogens is 354 g/mol. The molecule has 0 bridgehead atoms. The van der Waals surface area contributed by atoms with E-state index in [0.717, 1.165) is 46.6 Å². The van der Waals surface area contributed by atoms with E-state index in [2.05, 4.69) is 27.8 Å². The molecule has 0 amide bonds. The van der Waals surface area contributed by atoms with E-state index < -0.39 is 5.97 Å². The van der Waals surface area contributed by atoms with Crippen molar-refractivity contribution in [3.63, 3.8) is 0 Å². The molecule has 2 N–H and O–H groups in total. The first kappa shape index (κ1) is 16.4. The standard InChI is InChI=1S/C16H19BrClNO2/c1-2-3-4-5-10(8-14(20)21)11-9-19-13-7-6-12(17)16(18)15(11)13/h6-7,9-10,19H,2-5,8H2,1H3,(H,20,21). The molecule has 0 aliphatic carbocycles. The van der Waals surface area contributed by atoms with Crippen LogP contribution in [0.25, 0.3) is 10.9 Å². The van der Waals surface area contributed by atoms with Gasteiger partial charge in [-0.25, -0.2) is 0 Å². The molecule has 0 radical (unpaired) electrons. The van der Waals surface area contributed by atoms with Crippen molar-refractivity contribution in [2.75, 3.05) is 0 Å². The van der Waals surface area contributed by atoms with E-state index in [9.17, 15) is 9.90 Å².